The van der Waals surface area contributed by atoms with Crippen LogP contribution in [0.15, 0.2) is 53.4 Å². The zero-order chi connectivity index (χ0) is 22.3. The summed E-state index contributed by atoms with van der Waals surface area (Å²) in [6.07, 6.45) is 0. The van der Waals surface area contributed by atoms with Crippen LogP contribution in [0.5, 0.6) is 5.75 Å². The third-order valence-corrected chi connectivity index (χ3v) is 8.83. The molecule has 2 aliphatic rings. The zero-order valence-corrected chi connectivity index (χ0v) is 19.1. The van der Waals surface area contributed by atoms with Crippen LogP contribution in [-0.2, 0) is 21.4 Å². The lowest BCUT2D eigenvalue weighted by Gasteiger charge is -2.26. The Morgan fingerprint density at radius 3 is 2.69 bits per heavy atom. The molecule has 2 aromatic carbocycles. The number of amides is 1. The van der Waals surface area contributed by atoms with Gasteiger partial charge in [-0.05, 0) is 42.8 Å². The summed E-state index contributed by atoms with van der Waals surface area (Å²) in [6, 6.07) is 14.6. The molecule has 0 unspecified atom stereocenters. The van der Waals surface area contributed by atoms with Crippen LogP contribution in [-0.4, -0.2) is 44.9 Å². The summed E-state index contributed by atoms with van der Waals surface area (Å²) in [5.41, 5.74) is 3.02. The fourth-order valence-electron chi connectivity index (χ4n) is 3.89. The van der Waals surface area contributed by atoms with Crippen LogP contribution >= 0.6 is 11.3 Å². The van der Waals surface area contributed by atoms with Gasteiger partial charge in [-0.3, -0.25) is 4.79 Å². The van der Waals surface area contributed by atoms with Gasteiger partial charge in [-0.1, -0.05) is 18.2 Å². The molecule has 0 aliphatic carbocycles. The Kier molecular flexibility index (Phi) is 5.50. The third-order valence-electron chi connectivity index (χ3n) is 5.58. The Labute approximate surface area is 190 Å². The normalized spacial score (nSPS) is 16.0. The molecule has 7 nitrogen and oxygen atoms in total. The number of hydrogen-bond donors (Lipinski definition) is 1. The third kappa shape index (κ3) is 3.81. The van der Waals surface area contributed by atoms with Crippen molar-refractivity contribution in [3.8, 4) is 16.2 Å². The molecule has 3 aromatic rings. The Bertz CT molecular complexity index is 1290. The van der Waals surface area contributed by atoms with Crippen molar-refractivity contribution < 1.29 is 22.7 Å². The first-order valence-electron chi connectivity index (χ1n) is 10.3. The predicted octanol–water partition coefficient (Wildman–Crippen LogP) is 3.89. The molecule has 0 bridgehead atoms. The number of nitrogens with zero attached hydrogens (tertiary/aromatic N) is 1. The summed E-state index contributed by atoms with van der Waals surface area (Å²) in [7, 11) is -3.66. The zero-order valence-electron chi connectivity index (χ0n) is 17.5. The molecule has 1 N–H and O–H groups in total. The summed E-state index contributed by atoms with van der Waals surface area (Å²) in [4.78, 5) is 14.7. The molecule has 0 atom stereocenters. The van der Waals surface area contributed by atoms with Gasteiger partial charge < -0.3 is 14.8 Å². The number of ether oxygens (including phenoxy) is 2. The van der Waals surface area contributed by atoms with Crippen LogP contribution in [0, 0.1) is 6.92 Å². The second-order valence-electron chi connectivity index (χ2n) is 7.70. The Morgan fingerprint density at radius 2 is 1.88 bits per heavy atom. The Balaban J connectivity index is 1.40. The molecule has 1 aromatic heterocycles. The van der Waals surface area contributed by atoms with Gasteiger partial charge >= 0.3 is 0 Å². The first-order chi connectivity index (χ1) is 15.4. The maximum atomic E-state index is 13.1. The van der Waals surface area contributed by atoms with Gasteiger partial charge in [-0.2, -0.15) is 4.31 Å². The number of nitrogens with one attached hydrogen (secondary N) is 1. The molecule has 9 heteroatoms. The van der Waals surface area contributed by atoms with Crippen molar-refractivity contribution in [3.05, 3.63) is 64.5 Å². The fraction of sp³-hybridized carbons (Fsp3) is 0.261. The van der Waals surface area contributed by atoms with E-state index in [0.29, 0.717) is 49.0 Å². The van der Waals surface area contributed by atoms with Gasteiger partial charge in [0.2, 0.25) is 10.0 Å². The topological polar surface area (TPSA) is 84.9 Å². The molecule has 5 rings (SSSR count). The van der Waals surface area contributed by atoms with Crippen molar-refractivity contribution in [1.82, 2.24) is 4.31 Å². The minimum absolute atomic E-state index is 0.199. The molecule has 0 radical (unpaired) electrons. The number of rotatable bonds is 4. The molecule has 3 heterocycles. The monoisotopic (exact) mass is 470 g/mol. The van der Waals surface area contributed by atoms with Crippen LogP contribution in [0.2, 0.25) is 0 Å². The van der Waals surface area contributed by atoms with Crippen LogP contribution < -0.4 is 10.1 Å². The van der Waals surface area contributed by atoms with E-state index in [-0.39, 0.29) is 10.8 Å². The lowest BCUT2D eigenvalue weighted by Crippen LogP contribution is -2.40. The number of sulfonamides is 1. The number of thiophene rings is 1. The second-order valence-corrected chi connectivity index (χ2v) is 10.7. The van der Waals surface area contributed by atoms with E-state index in [9.17, 15) is 13.2 Å². The van der Waals surface area contributed by atoms with Gasteiger partial charge in [0.25, 0.3) is 5.91 Å². The average Bonchev–Trinajstić information content (AvgIpc) is 3.26. The molecule has 1 saturated heterocycles. The van der Waals surface area contributed by atoms with Gasteiger partial charge in [0.1, 0.15) is 12.4 Å². The average molecular weight is 471 g/mol. The van der Waals surface area contributed by atoms with Gasteiger partial charge in [-0.25, -0.2) is 8.42 Å². The van der Waals surface area contributed by atoms with E-state index in [2.05, 4.69) is 5.32 Å². The van der Waals surface area contributed by atoms with Crippen molar-refractivity contribution in [2.45, 2.75) is 18.4 Å². The highest BCUT2D eigenvalue weighted by atomic mass is 32.2. The maximum Gasteiger partial charge on any atom is 0.265 e. The van der Waals surface area contributed by atoms with Crippen LogP contribution in [0.4, 0.5) is 5.69 Å². The van der Waals surface area contributed by atoms with Gasteiger partial charge in [0.15, 0.2) is 0 Å². The van der Waals surface area contributed by atoms with Gasteiger partial charge in [-0.15, -0.1) is 11.3 Å². The van der Waals surface area contributed by atoms with Crippen molar-refractivity contribution >= 4 is 33.0 Å². The molecule has 0 spiro atoms. The van der Waals surface area contributed by atoms with Crippen LogP contribution in [0.3, 0.4) is 0 Å². The maximum absolute atomic E-state index is 13.1. The highest BCUT2D eigenvalue weighted by Crippen LogP contribution is 2.42. The number of carbonyl (C=O) groups is 1. The fourth-order valence-corrected chi connectivity index (χ4v) is 6.64. The summed E-state index contributed by atoms with van der Waals surface area (Å²) in [6.45, 7) is 3.58. The van der Waals surface area contributed by atoms with E-state index in [4.69, 9.17) is 9.47 Å². The first kappa shape index (κ1) is 21.1. The van der Waals surface area contributed by atoms with E-state index < -0.39 is 10.0 Å². The Morgan fingerprint density at radius 1 is 1.09 bits per heavy atom. The number of hydrogen-bond acceptors (Lipinski definition) is 6. The number of aryl methyl sites for hydroxylation is 1. The van der Waals surface area contributed by atoms with Crippen molar-refractivity contribution in [2.24, 2.45) is 0 Å². The second kappa shape index (κ2) is 8.32. The molecule has 1 fully saturated rings. The van der Waals surface area contributed by atoms with Crippen molar-refractivity contribution in [1.29, 1.82) is 0 Å². The standard InChI is InChI=1S/C23H22N2O5S2/c1-15-6-7-17(13-21(15)32(27,28)25-8-10-29-11-9-25)24-23(26)20-12-16-14-30-19-5-3-2-4-18(19)22(16)31-20/h2-7,12-13H,8-11,14H2,1H3,(H,24,26). The van der Waals surface area contributed by atoms with E-state index in [1.807, 2.05) is 30.3 Å². The summed E-state index contributed by atoms with van der Waals surface area (Å²) < 4.78 is 38.7. The molecule has 1 amide bonds. The summed E-state index contributed by atoms with van der Waals surface area (Å²) >= 11 is 1.41. The quantitative estimate of drug-likeness (QED) is 0.625. The smallest absolute Gasteiger partial charge is 0.265 e. The highest BCUT2D eigenvalue weighted by Gasteiger charge is 2.28. The Hall–Kier alpha value is -2.72. The van der Waals surface area contributed by atoms with E-state index in [1.54, 1.807) is 19.1 Å². The molecular weight excluding hydrogens is 448 g/mol. The van der Waals surface area contributed by atoms with Gasteiger partial charge in [0, 0.05) is 34.8 Å². The number of benzene rings is 2. The van der Waals surface area contributed by atoms with E-state index in [1.165, 1.54) is 21.7 Å². The molecule has 32 heavy (non-hydrogen) atoms. The first-order valence-corrected chi connectivity index (χ1v) is 12.5. The predicted molar refractivity (Wildman–Crippen MR) is 123 cm³/mol. The number of carbonyl (C=O) groups excluding carboxylic acids is 1. The largest absolute Gasteiger partial charge is 0.488 e. The summed E-state index contributed by atoms with van der Waals surface area (Å²) in [5, 5.41) is 2.86. The SMILES string of the molecule is Cc1ccc(NC(=O)c2cc3c(s2)-c2ccccc2OC3)cc1S(=O)(=O)N1CCOCC1. The van der Waals surface area contributed by atoms with Crippen molar-refractivity contribution in [2.75, 3.05) is 31.6 Å². The van der Waals surface area contributed by atoms with E-state index >= 15 is 0 Å². The summed E-state index contributed by atoms with van der Waals surface area (Å²) in [5.74, 6) is 0.533. The molecule has 2 aliphatic heterocycles. The number of para-hydroxylation sites is 1. The number of morpholine rings is 1. The van der Waals surface area contributed by atoms with Crippen molar-refractivity contribution in [3.63, 3.8) is 0 Å². The van der Waals surface area contributed by atoms with Crippen LogP contribution in [0.25, 0.3) is 10.4 Å². The molecule has 166 valence electrons. The lowest BCUT2D eigenvalue weighted by molar-refractivity contribution is 0.0730. The lowest BCUT2D eigenvalue weighted by atomic mass is 10.1. The van der Waals surface area contributed by atoms with E-state index in [0.717, 1.165) is 21.8 Å². The van der Waals surface area contributed by atoms with Crippen LogP contribution in [0.1, 0.15) is 20.8 Å². The number of fused-ring (bicyclic) bond motifs is 3. The number of anilines is 1. The molecular formula is C23H22N2O5S2. The molecule has 0 saturated carbocycles. The highest BCUT2D eigenvalue weighted by molar-refractivity contribution is 7.89. The minimum Gasteiger partial charge on any atom is -0.488 e. The minimum atomic E-state index is -3.66. The van der Waals surface area contributed by atoms with Gasteiger partial charge in [0.05, 0.1) is 23.0 Å².